The third-order valence-corrected chi connectivity index (χ3v) is 5.55. The molecule has 1 aliphatic heterocycles. The van der Waals surface area contributed by atoms with Gasteiger partial charge in [-0.15, -0.1) is 0 Å². The number of anilines is 1. The van der Waals surface area contributed by atoms with E-state index < -0.39 is 15.8 Å². The lowest BCUT2D eigenvalue weighted by Gasteiger charge is -2.31. The Balaban J connectivity index is 2.25. The summed E-state index contributed by atoms with van der Waals surface area (Å²) in [6, 6.07) is 3.32. The molecule has 0 amide bonds. The molecule has 3 N–H and O–H groups in total. The monoisotopic (exact) mass is 302 g/mol. The average Bonchev–Trinajstić information content (AvgIpc) is 2.39. The highest BCUT2D eigenvalue weighted by Crippen LogP contribution is 2.28. The molecule has 1 aliphatic rings. The Morgan fingerprint density at radius 2 is 2.20 bits per heavy atom. The Morgan fingerprint density at radius 1 is 1.45 bits per heavy atom. The largest absolute Gasteiger partial charge is 0.398 e. The second-order valence-electron chi connectivity index (χ2n) is 5.07. The number of sulfonamides is 1. The number of halogens is 1. The lowest BCUT2D eigenvalue weighted by atomic mass is 9.97. The molecule has 0 bridgehead atoms. The molecule has 0 aliphatic carbocycles. The van der Waals surface area contributed by atoms with Gasteiger partial charge < -0.3 is 10.8 Å². The summed E-state index contributed by atoms with van der Waals surface area (Å²) in [7, 11) is -3.70. The number of rotatable bonds is 4. The maximum absolute atomic E-state index is 13.0. The SMILES string of the molecule is Nc1cc(F)ccc1S(=O)(=O)N1CCCC(CCO)C1. The molecule has 7 heteroatoms. The third kappa shape index (κ3) is 3.11. The molecular formula is C13H19FN2O3S. The van der Waals surface area contributed by atoms with Crippen LogP contribution in [0.3, 0.4) is 0 Å². The fourth-order valence-electron chi connectivity index (χ4n) is 2.56. The van der Waals surface area contributed by atoms with Crippen LogP contribution in [0.4, 0.5) is 10.1 Å². The van der Waals surface area contributed by atoms with Gasteiger partial charge in [0.1, 0.15) is 10.7 Å². The molecule has 1 heterocycles. The maximum atomic E-state index is 13.0. The number of nitrogens with zero attached hydrogens (tertiary/aromatic N) is 1. The number of hydrogen-bond donors (Lipinski definition) is 2. The van der Waals surface area contributed by atoms with Gasteiger partial charge in [-0.05, 0) is 43.4 Å². The zero-order valence-electron chi connectivity index (χ0n) is 11.1. The molecule has 112 valence electrons. The molecule has 1 aromatic rings. The number of nitrogens with two attached hydrogens (primary N) is 1. The molecular weight excluding hydrogens is 283 g/mol. The lowest BCUT2D eigenvalue weighted by Crippen LogP contribution is -2.40. The number of hydrogen-bond acceptors (Lipinski definition) is 4. The van der Waals surface area contributed by atoms with Crippen molar-refractivity contribution in [2.45, 2.75) is 24.2 Å². The number of piperidine rings is 1. The second kappa shape index (κ2) is 6.07. The van der Waals surface area contributed by atoms with E-state index in [0.717, 1.165) is 25.0 Å². The van der Waals surface area contributed by atoms with Crippen LogP contribution in [0.25, 0.3) is 0 Å². The Labute approximate surface area is 118 Å². The van der Waals surface area contributed by atoms with Crippen LogP contribution in [0.1, 0.15) is 19.3 Å². The van der Waals surface area contributed by atoms with Crippen molar-refractivity contribution in [3.63, 3.8) is 0 Å². The van der Waals surface area contributed by atoms with E-state index in [9.17, 15) is 12.8 Å². The quantitative estimate of drug-likeness (QED) is 0.818. The van der Waals surface area contributed by atoms with E-state index in [2.05, 4.69) is 0 Å². The molecule has 1 aromatic carbocycles. The van der Waals surface area contributed by atoms with Crippen molar-refractivity contribution in [2.75, 3.05) is 25.4 Å². The van der Waals surface area contributed by atoms with E-state index in [0.29, 0.717) is 19.5 Å². The minimum atomic E-state index is -3.70. The van der Waals surface area contributed by atoms with Gasteiger partial charge in [0.05, 0.1) is 5.69 Å². The van der Waals surface area contributed by atoms with Crippen molar-refractivity contribution in [1.82, 2.24) is 4.31 Å². The van der Waals surface area contributed by atoms with Gasteiger partial charge >= 0.3 is 0 Å². The third-order valence-electron chi connectivity index (χ3n) is 3.61. The predicted molar refractivity (Wildman–Crippen MR) is 74.0 cm³/mol. The molecule has 1 atom stereocenters. The number of benzene rings is 1. The number of nitrogen functional groups attached to an aromatic ring is 1. The van der Waals surface area contributed by atoms with Crippen LogP contribution in [-0.2, 0) is 10.0 Å². The number of aliphatic hydroxyl groups excluding tert-OH is 1. The van der Waals surface area contributed by atoms with Crippen LogP contribution in [0, 0.1) is 11.7 Å². The molecule has 5 nitrogen and oxygen atoms in total. The van der Waals surface area contributed by atoms with Gasteiger partial charge in [-0.25, -0.2) is 12.8 Å². The minimum absolute atomic E-state index is 0.0523. The first-order valence-corrected chi connectivity index (χ1v) is 8.05. The summed E-state index contributed by atoms with van der Waals surface area (Å²) in [5, 5.41) is 8.97. The van der Waals surface area contributed by atoms with Crippen LogP contribution >= 0.6 is 0 Å². The Bertz CT molecular complexity index is 575. The van der Waals surface area contributed by atoms with Crippen molar-refractivity contribution < 1.29 is 17.9 Å². The fourth-order valence-corrected chi connectivity index (χ4v) is 4.21. The summed E-state index contributed by atoms with van der Waals surface area (Å²) in [4.78, 5) is -0.0523. The molecule has 1 saturated heterocycles. The van der Waals surface area contributed by atoms with Crippen molar-refractivity contribution >= 4 is 15.7 Å². The molecule has 2 rings (SSSR count). The summed E-state index contributed by atoms with van der Waals surface area (Å²) in [6.45, 7) is 0.859. The normalized spacial score (nSPS) is 21.0. The summed E-state index contributed by atoms with van der Waals surface area (Å²) in [5.41, 5.74) is 5.55. The van der Waals surface area contributed by atoms with E-state index in [4.69, 9.17) is 10.8 Å². The van der Waals surface area contributed by atoms with Crippen molar-refractivity contribution in [2.24, 2.45) is 5.92 Å². The van der Waals surface area contributed by atoms with E-state index >= 15 is 0 Å². The molecule has 0 saturated carbocycles. The standard InChI is InChI=1S/C13H19FN2O3S/c14-11-3-4-13(12(15)8-11)20(18,19)16-6-1-2-10(9-16)5-7-17/h3-4,8,10,17H,1-2,5-7,9,15H2. The Kier molecular flexibility index (Phi) is 4.62. The van der Waals surface area contributed by atoms with Gasteiger partial charge in [0, 0.05) is 19.7 Å². The summed E-state index contributed by atoms with van der Waals surface area (Å²) in [5.74, 6) is -0.400. The van der Waals surface area contributed by atoms with Gasteiger partial charge in [0.25, 0.3) is 0 Å². The van der Waals surface area contributed by atoms with E-state index in [1.54, 1.807) is 0 Å². The molecule has 1 unspecified atom stereocenters. The Hall–Kier alpha value is -1.18. The first kappa shape index (κ1) is 15.2. The summed E-state index contributed by atoms with van der Waals surface area (Å²) < 4.78 is 39.5. The van der Waals surface area contributed by atoms with Gasteiger partial charge in [0.2, 0.25) is 10.0 Å². The highest BCUT2D eigenvalue weighted by molar-refractivity contribution is 7.89. The fraction of sp³-hybridized carbons (Fsp3) is 0.538. The molecule has 1 fully saturated rings. The van der Waals surface area contributed by atoms with Gasteiger partial charge in [-0.1, -0.05) is 0 Å². The predicted octanol–water partition coefficient (Wildman–Crippen LogP) is 1.19. The average molecular weight is 302 g/mol. The van der Waals surface area contributed by atoms with Crippen LogP contribution in [0.15, 0.2) is 23.1 Å². The van der Waals surface area contributed by atoms with E-state index in [-0.39, 0.29) is 23.1 Å². The summed E-state index contributed by atoms with van der Waals surface area (Å²) in [6.07, 6.45) is 2.25. The van der Waals surface area contributed by atoms with Crippen molar-refractivity contribution in [1.29, 1.82) is 0 Å². The van der Waals surface area contributed by atoms with E-state index in [1.807, 2.05) is 0 Å². The van der Waals surface area contributed by atoms with Crippen LogP contribution in [0.2, 0.25) is 0 Å². The minimum Gasteiger partial charge on any atom is -0.398 e. The smallest absolute Gasteiger partial charge is 0.245 e. The topological polar surface area (TPSA) is 83.6 Å². The zero-order valence-corrected chi connectivity index (χ0v) is 11.9. The lowest BCUT2D eigenvalue weighted by molar-refractivity contribution is 0.203. The van der Waals surface area contributed by atoms with Crippen LogP contribution < -0.4 is 5.73 Å². The molecule has 20 heavy (non-hydrogen) atoms. The highest BCUT2D eigenvalue weighted by atomic mass is 32.2. The van der Waals surface area contributed by atoms with E-state index in [1.165, 1.54) is 10.4 Å². The zero-order chi connectivity index (χ0) is 14.8. The first-order valence-electron chi connectivity index (χ1n) is 6.61. The second-order valence-corrected chi connectivity index (χ2v) is 6.97. The molecule has 0 spiro atoms. The Morgan fingerprint density at radius 3 is 2.85 bits per heavy atom. The van der Waals surface area contributed by atoms with Gasteiger partial charge in [-0.2, -0.15) is 4.31 Å². The maximum Gasteiger partial charge on any atom is 0.245 e. The number of aliphatic hydroxyl groups is 1. The highest BCUT2D eigenvalue weighted by Gasteiger charge is 2.31. The van der Waals surface area contributed by atoms with Crippen LogP contribution in [-0.4, -0.2) is 37.5 Å². The van der Waals surface area contributed by atoms with Crippen LogP contribution in [0.5, 0.6) is 0 Å². The van der Waals surface area contributed by atoms with Crippen molar-refractivity contribution in [3.05, 3.63) is 24.0 Å². The molecule has 0 radical (unpaired) electrons. The molecule has 0 aromatic heterocycles. The van der Waals surface area contributed by atoms with Gasteiger partial charge in [0.15, 0.2) is 0 Å². The summed E-state index contributed by atoms with van der Waals surface area (Å²) >= 11 is 0. The van der Waals surface area contributed by atoms with Crippen molar-refractivity contribution in [3.8, 4) is 0 Å². The first-order chi connectivity index (χ1) is 9.45. The van der Waals surface area contributed by atoms with Gasteiger partial charge in [-0.3, -0.25) is 0 Å².